The van der Waals surface area contributed by atoms with Gasteiger partial charge in [0.1, 0.15) is 5.01 Å². The molecule has 2 heterocycles. The van der Waals surface area contributed by atoms with Gasteiger partial charge < -0.3 is 5.32 Å². The highest BCUT2D eigenvalue weighted by Gasteiger charge is 2.21. The number of benzene rings is 1. The number of hydrogen-bond acceptors (Lipinski definition) is 3. The molecule has 0 amide bonds. The summed E-state index contributed by atoms with van der Waals surface area (Å²) in [4.78, 5) is 6.20. The van der Waals surface area contributed by atoms with Gasteiger partial charge in [-0.3, -0.25) is 0 Å². The van der Waals surface area contributed by atoms with E-state index in [9.17, 15) is 0 Å². The van der Waals surface area contributed by atoms with E-state index in [1.807, 2.05) is 11.3 Å². The van der Waals surface area contributed by atoms with Gasteiger partial charge in [-0.05, 0) is 38.3 Å². The van der Waals surface area contributed by atoms with Gasteiger partial charge in [0.25, 0.3) is 0 Å². The van der Waals surface area contributed by atoms with Crippen molar-refractivity contribution in [2.75, 3.05) is 6.54 Å². The van der Waals surface area contributed by atoms with Gasteiger partial charge in [0.05, 0.1) is 11.7 Å². The Morgan fingerprint density at radius 1 is 1.32 bits per heavy atom. The Kier molecular flexibility index (Phi) is 3.67. The molecule has 0 aliphatic carbocycles. The smallest absolute Gasteiger partial charge is 0.111 e. The maximum atomic E-state index is 4.87. The Labute approximate surface area is 118 Å². The molecule has 1 unspecified atom stereocenters. The average Bonchev–Trinajstić information content (AvgIpc) is 3.08. The first-order valence-electron chi connectivity index (χ1n) is 7.08. The average molecular weight is 272 g/mol. The lowest BCUT2D eigenvalue weighted by Crippen LogP contribution is -2.12. The fraction of sp³-hybridized carbons (Fsp3) is 0.438. The summed E-state index contributed by atoms with van der Waals surface area (Å²) in [5, 5.41) is 4.79. The molecule has 0 radical (unpaired) electrons. The van der Waals surface area contributed by atoms with E-state index in [2.05, 4.69) is 43.4 Å². The van der Waals surface area contributed by atoms with Crippen LogP contribution in [0.15, 0.2) is 24.3 Å². The molecule has 2 nitrogen and oxygen atoms in total. The highest BCUT2D eigenvalue weighted by molar-refractivity contribution is 7.12. The number of rotatable bonds is 3. The molecule has 3 heteroatoms. The van der Waals surface area contributed by atoms with E-state index in [0.29, 0.717) is 6.04 Å². The molecule has 1 atom stereocenters. The number of aromatic nitrogens is 1. The minimum atomic E-state index is 0.479. The second kappa shape index (κ2) is 5.43. The summed E-state index contributed by atoms with van der Waals surface area (Å²) in [5.41, 5.74) is 3.79. The van der Waals surface area contributed by atoms with Gasteiger partial charge in [0.2, 0.25) is 0 Å². The quantitative estimate of drug-likeness (QED) is 0.909. The lowest BCUT2D eigenvalue weighted by molar-refractivity contribution is 0.643. The highest BCUT2D eigenvalue weighted by atomic mass is 32.1. The van der Waals surface area contributed by atoms with Crippen molar-refractivity contribution in [3.05, 3.63) is 39.7 Å². The molecule has 0 spiro atoms. The van der Waals surface area contributed by atoms with E-state index in [4.69, 9.17) is 4.98 Å². The van der Waals surface area contributed by atoms with Gasteiger partial charge in [-0.1, -0.05) is 31.2 Å². The van der Waals surface area contributed by atoms with Gasteiger partial charge in [0.15, 0.2) is 0 Å². The van der Waals surface area contributed by atoms with Gasteiger partial charge >= 0.3 is 0 Å². The summed E-state index contributed by atoms with van der Waals surface area (Å²) >= 11 is 1.84. The Morgan fingerprint density at radius 2 is 2.11 bits per heavy atom. The molecular weight excluding hydrogens is 252 g/mol. The summed E-state index contributed by atoms with van der Waals surface area (Å²) in [6.07, 6.45) is 3.58. The third-order valence-electron chi connectivity index (χ3n) is 3.81. The third-order valence-corrected chi connectivity index (χ3v) is 4.89. The molecule has 1 saturated heterocycles. The second-order valence-electron chi connectivity index (χ2n) is 5.16. The van der Waals surface area contributed by atoms with Crippen LogP contribution in [0.3, 0.4) is 0 Å². The SMILES string of the molecule is CCc1ccc(-c2nc(C3CCCN3)sc2C)cc1. The van der Waals surface area contributed by atoms with Crippen LogP contribution in [-0.4, -0.2) is 11.5 Å². The van der Waals surface area contributed by atoms with Crippen LogP contribution in [0.4, 0.5) is 0 Å². The standard InChI is InChI=1S/C16H20N2S/c1-3-12-6-8-13(9-7-12)15-11(2)19-16(18-15)14-5-4-10-17-14/h6-9,14,17H,3-5,10H2,1-2H3. The molecule has 2 aromatic rings. The van der Waals surface area contributed by atoms with E-state index in [1.165, 1.54) is 33.9 Å². The molecule has 1 aliphatic heterocycles. The van der Waals surface area contributed by atoms with Crippen LogP contribution in [0, 0.1) is 6.92 Å². The van der Waals surface area contributed by atoms with Crippen molar-refractivity contribution in [3.8, 4) is 11.3 Å². The monoisotopic (exact) mass is 272 g/mol. The fourth-order valence-corrected chi connectivity index (χ4v) is 3.68. The second-order valence-corrected chi connectivity index (χ2v) is 6.39. The zero-order valence-corrected chi connectivity index (χ0v) is 12.4. The summed E-state index contributed by atoms with van der Waals surface area (Å²) in [5.74, 6) is 0. The van der Waals surface area contributed by atoms with E-state index < -0.39 is 0 Å². The first-order chi connectivity index (χ1) is 9.28. The van der Waals surface area contributed by atoms with E-state index in [1.54, 1.807) is 0 Å². The molecule has 1 N–H and O–H groups in total. The molecule has 1 fully saturated rings. The molecule has 1 aromatic heterocycles. The largest absolute Gasteiger partial charge is 0.308 e. The number of aryl methyl sites for hydroxylation is 2. The summed E-state index contributed by atoms with van der Waals surface area (Å²) in [7, 11) is 0. The van der Waals surface area contributed by atoms with Gasteiger partial charge in [-0.25, -0.2) is 4.98 Å². The zero-order valence-electron chi connectivity index (χ0n) is 11.6. The zero-order chi connectivity index (χ0) is 13.2. The predicted octanol–water partition coefficient (Wildman–Crippen LogP) is 4.11. The third kappa shape index (κ3) is 2.58. The van der Waals surface area contributed by atoms with Gasteiger partial charge in [-0.2, -0.15) is 0 Å². The van der Waals surface area contributed by atoms with Crippen LogP contribution >= 0.6 is 11.3 Å². The first kappa shape index (κ1) is 12.8. The summed E-state index contributed by atoms with van der Waals surface area (Å²) in [6.45, 7) is 5.50. The Morgan fingerprint density at radius 3 is 2.74 bits per heavy atom. The normalized spacial score (nSPS) is 18.9. The topological polar surface area (TPSA) is 24.9 Å². The molecule has 19 heavy (non-hydrogen) atoms. The molecule has 100 valence electrons. The minimum Gasteiger partial charge on any atom is -0.308 e. The van der Waals surface area contributed by atoms with Gasteiger partial charge in [0, 0.05) is 10.4 Å². The van der Waals surface area contributed by atoms with Crippen molar-refractivity contribution in [1.29, 1.82) is 0 Å². The molecular formula is C16H20N2S. The van der Waals surface area contributed by atoms with Crippen LogP contribution in [0.2, 0.25) is 0 Å². The van der Waals surface area contributed by atoms with Crippen LogP contribution < -0.4 is 5.32 Å². The van der Waals surface area contributed by atoms with Crippen molar-refractivity contribution in [1.82, 2.24) is 10.3 Å². The van der Waals surface area contributed by atoms with Crippen LogP contribution in [-0.2, 0) is 6.42 Å². The fourth-order valence-electron chi connectivity index (χ4n) is 2.63. The summed E-state index contributed by atoms with van der Waals surface area (Å²) in [6, 6.07) is 9.30. The number of nitrogens with zero attached hydrogens (tertiary/aromatic N) is 1. The highest BCUT2D eigenvalue weighted by Crippen LogP contribution is 2.33. The molecule has 0 bridgehead atoms. The Bertz CT molecular complexity index is 551. The number of nitrogens with one attached hydrogen (secondary N) is 1. The maximum absolute atomic E-state index is 4.87. The van der Waals surface area contributed by atoms with Crippen LogP contribution in [0.5, 0.6) is 0 Å². The Balaban J connectivity index is 1.90. The number of hydrogen-bond donors (Lipinski definition) is 1. The lowest BCUT2D eigenvalue weighted by atomic mass is 10.1. The van der Waals surface area contributed by atoms with Crippen molar-refractivity contribution in [2.45, 2.75) is 39.2 Å². The first-order valence-corrected chi connectivity index (χ1v) is 7.89. The van der Waals surface area contributed by atoms with Crippen molar-refractivity contribution in [2.24, 2.45) is 0 Å². The van der Waals surface area contributed by atoms with Gasteiger partial charge in [-0.15, -0.1) is 11.3 Å². The van der Waals surface area contributed by atoms with E-state index >= 15 is 0 Å². The van der Waals surface area contributed by atoms with E-state index in [0.717, 1.165) is 18.7 Å². The van der Waals surface area contributed by atoms with Crippen LogP contribution in [0.25, 0.3) is 11.3 Å². The minimum absolute atomic E-state index is 0.479. The van der Waals surface area contributed by atoms with Crippen molar-refractivity contribution in [3.63, 3.8) is 0 Å². The van der Waals surface area contributed by atoms with E-state index in [-0.39, 0.29) is 0 Å². The molecule has 1 aliphatic rings. The van der Waals surface area contributed by atoms with Crippen molar-refractivity contribution >= 4 is 11.3 Å². The van der Waals surface area contributed by atoms with Crippen molar-refractivity contribution < 1.29 is 0 Å². The predicted molar refractivity (Wildman–Crippen MR) is 81.6 cm³/mol. The molecule has 3 rings (SSSR count). The lowest BCUT2D eigenvalue weighted by Gasteiger charge is -2.04. The molecule has 0 saturated carbocycles. The van der Waals surface area contributed by atoms with Crippen LogP contribution in [0.1, 0.15) is 41.3 Å². The maximum Gasteiger partial charge on any atom is 0.111 e. The Hall–Kier alpha value is -1.19. The number of thiazole rings is 1. The molecule has 1 aromatic carbocycles. The summed E-state index contributed by atoms with van der Waals surface area (Å²) < 4.78 is 0.